The molecule has 0 radical (unpaired) electrons. The Labute approximate surface area is 207 Å². The zero-order valence-corrected chi connectivity index (χ0v) is 20.7. The lowest BCUT2D eigenvalue weighted by Crippen LogP contribution is -2.48. The van der Waals surface area contributed by atoms with Gasteiger partial charge in [0.05, 0.1) is 15.1 Å². The van der Waals surface area contributed by atoms with Crippen molar-refractivity contribution in [2.75, 3.05) is 44.2 Å². The Morgan fingerprint density at radius 3 is 2.64 bits per heavy atom. The highest BCUT2D eigenvalue weighted by Gasteiger charge is 2.22. The summed E-state index contributed by atoms with van der Waals surface area (Å²) in [6.07, 6.45) is 0. The Morgan fingerprint density at radius 2 is 1.94 bits per heavy atom. The van der Waals surface area contributed by atoms with Crippen LogP contribution in [0.15, 0.2) is 30.3 Å². The van der Waals surface area contributed by atoms with Gasteiger partial charge in [-0.25, -0.2) is 4.98 Å². The number of fused-ring (bicyclic) bond motifs is 1. The molecule has 0 aliphatic carbocycles. The maximum Gasteiger partial charge on any atom is 0.282 e. The van der Waals surface area contributed by atoms with Crippen molar-refractivity contribution in [2.45, 2.75) is 13.8 Å². The monoisotopic (exact) mass is 509 g/mol. The third-order valence-corrected chi connectivity index (χ3v) is 7.15. The van der Waals surface area contributed by atoms with Gasteiger partial charge in [-0.05, 0) is 43.2 Å². The Balaban J connectivity index is 0.00000306. The minimum absolute atomic E-state index is 0. The summed E-state index contributed by atoms with van der Waals surface area (Å²) in [5, 5.41) is 15.3. The number of nitrogens with one attached hydrogen (secondary N) is 1. The summed E-state index contributed by atoms with van der Waals surface area (Å²) in [5.41, 5.74) is 3.31. The van der Waals surface area contributed by atoms with Crippen LogP contribution in [0.4, 0.5) is 10.8 Å². The second-order valence-electron chi connectivity index (χ2n) is 7.85. The number of carbonyl (C=O) groups excluding carboxylic acids is 1. The van der Waals surface area contributed by atoms with Crippen LogP contribution >= 0.6 is 35.3 Å². The number of piperazine rings is 1. The van der Waals surface area contributed by atoms with Gasteiger partial charge in [0.2, 0.25) is 0 Å². The fourth-order valence-electron chi connectivity index (χ4n) is 3.78. The van der Waals surface area contributed by atoms with Crippen LogP contribution in [0.5, 0.6) is 0 Å². The molecule has 3 aromatic rings. The average molecular weight is 510 g/mol. The lowest BCUT2D eigenvalue weighted by atomic mass is 10.1. The summed E-state index contributed by atoms with van der Waals surface area (Å²) >= 11 is 7.63. The van der Waals surface area contributed by atoms with Crippen molar-refractivity contribution in [1.82, 2.24) is 15.2 Å². The van der Waals surface area contributed by atoms with E-state index in [0.717, 1.165) is 36.8 Å². The molecule has 8 nitrogen and oxygen atoms in total. The summed E-state index contributed by atoms with van der Waals surface area (Å²) in [6.45, 7) is 8.76. The zero-order chi connectivity index (χ0) is 22.8. The van der Waals surface area contributed by atoms with Gasteiger partial charge >= 0.3 is 0 Å². The summed E-state index contributed by atoms with van der Waals surface area (Å²) in [6, 6.07) is 8.27. The number of halogens is 2. The van der Waals surface area contributed by atoms with Gasteiger partial charge in [-0.15, -0.1) is 12.4 Å². The highest BCUT2D eigenvalue weighted by molar-refractivity contribution is 7.22. The lowest BCUT2D eigenvalue weighted by Gasteiger charge is -2.34. The van der Waals surface area contributed by atoms with Gasteiger partial charge in [0.15, 0.2) is 5.13 Å². The van der Waals surface area contributed by atoms with Crippen LogP contribution in [0, 0.1) is 24.0 Å². The first kappa shape index (κ1) is 25.2. The molecule has 0 atom stereocenters. The van der Waals surface area contributed by atoms with E-state index in [2.05, 4.69) is 41.1 Å². The second-order valence-corrected chi connectivity index (χ2v) is 9.30. The number of nitro groups is 1. The van der Waals surface area contributed by atoms with Crippen molar-refractivity contribution >= 4 is 62.3 Å². The van der Waals surface area contributed by atoms with Crippen LogP contribution in [0.3, 0.4) is 0 Å². The van der Waals surface area contributed by atoms with Crippen molar-refractivity contribution in [3.63, 3.8) is 0 Å². The molecule has 33 heavy (non-hydrogen) atoms. The molecule has 2 aromatic carbocycles. The number of aryl methyl sites for hydroxylation is 2. The van der Waals surface area contributed by atoms with Crippen molar-refractivity contribution in [3.8, 4) is 0 Å². The topological polar surface area (TPSA) is 91.6 Å². The van der Waals surface area contributed by atoms with Gasteiger partial charge in [-0.1, -0.05) is 29.0 Å². The van der Waals surface area contributed by atoms with Gasteiger partial charge in [0.25, 0.3) is 11.6 Å². The van der Waals surface area contributed by atoms with Gasteiger partial charge < -0.3 is 10.2 Å². The number of nitrogens with zero attached hydrogens (tertiary/aromatic N) is 4. The molecule has 11 heteroatoms. The SMILES string of the molecule is Cc1ccc2sc(N3CCN(CCNC(=O)c4cc(Cl)ccc4[N+](=O)[O-])CC3)nc2c1C.Cl. The lowest BCUT2D eigenvalue weighted by molar-refractivity contribution is -0.385. The van der Waals surface area contributed by atoms with Crippen LogP contribution in [-0.4, -0.2) is 60.0 Å². The molecule has 1 saturated heterocycles. The standard InChI is InChI=1S/C22H24ClN5O3S.ClH/c1-14-3-6-19-20(15(14)2)25-22(32-19)27-11-9-26(10-12-27)8-7-24-21(29)17-13-16(23)4-5-18(17)28(30)31;/h3-6,13H,7-12H2,1-2H3,(H,24,29);1H. The first-order chi connectivity index (χ1) is 15.3. The quantitative estimate of drug-likeness (QED) is 0.389. The molecule has 1 N–H and O–H groups in total. The summed E-state index contributed by atoms with van der Waals surface area (Å²) in [5.74, 6) is -0.488. The average Bonchev–Trinajstić information content (AvgIpc) is 3.21. The molecule has 2 heterocycles. The number of hydrogen-bond donors (Lipinski definition) is 1. The molecule has 1 aromatic heterocycles. The number of amides is 1. The number of anilines is 1. The normalized spacial score (nSPS) is 14.2. The van der Waals surface area contributed by atoms with E-state index in [1.54, 1.807) is 11.3 Å². The van der Waals surface area contributed by atoms with E-state index >= 15 is 0 Å². The molecule has 176 valence electrons. The predicted molar refractivity (Wildman–Crippen MR) is 135 cm³/mol. The van der Waals surface area contributed by atoms with Gasteiger partial charge in [0, 0.05) is 50.4 Å². The van der Waals surface area contributed by atoms with E-state index in [9.17, 15) is 14.9 Å². The minimum atomic E-state index is -0.574. The Bertz CT molecular complexity index is 1180. The summed E-state index contributed by atoms with van der Waals surface area (Å²) < 4.78 is 1.21. The number of rotatable bonds is 6. The largest absolute Gasteiger partial charge is 0.351 e. The van der Waals surface area contributed by atoms with E-state index in [1.165, 1.54) is 34.0 Å². The Morgan fingerprint density at radius 1 is 1.21 bits per heavy atom. The maximum absolute atomic E-state index is 12.4. The smallest absolute Gasteiger partial charge is 0.282 e. The third kappa shape index (κ3) is 5.55. The number of nitro benzene ring substituents is 1. The third-order valence-electron chi connectivity index (χ3n) is 5.83. The summed E-state index contributed by atoms with van der Waals surface area (Å²) in [7, 11) is 0. The number of carbonyl (C=O) groups is 1. The minimum Gasteiger partial charge on any atom is -0.351 e. The molecule has 4 rings (SSSR count). The first-order valence-electron chi connectivity index (χ1n) is 10.4. The van der Waals surface area contributed by atoms with Crippen LogP contribution in [0.2, 0.25) is 5.02 Å². The molecular weight excluding hydrogens is 485 g/mol. The van der Waals surface area contributed by atoms with Crippen molar-refractivity contribution in [2.24, 2.45) is 0 Å². The molecule has 1 aliphatic heterocycles. The molecule has 0 bridgehead atoms. The Hall–Kier alpha value is -2.46. The van der Waals surface area contributed by atoms with E-state index < -0.39 is 10.8 Å². The Kier molecular flexibility index (Phi) is 8.12. The molecule has 1 fully saturated rings. The van der Waals surface area contributed by atoms with Crippen LogP contribution in [-0.2, 0) is 0 Å². The van der Waals surface area contributed by atoms with Gasteiger partial charge in [0.1, 0.15) is 5.56 Å². The molecule has 0 saturated carbocycles. The van der Waals surface area contributed by atoms with Crippen LogP contribution in [0.25, 0.3) is 10.2 Å². The van der Waals surface area contributed by atoms with E-state index in [4.69, 9.17) is 16.6 Å². The fraction of sp³-hybridized carbons (Fsp3) is 0.364. The predicted octanol–water partition coefficient (Wildman–Crippen LogP) is 4.45. The molecule has 0 spiro atoms. The number of hydrogen-bond acceptors (Lipinski definition) is 7. The second kappa shape index (κ2) is 10.6. The zero-order valence-electron chi connectivity index (χ0n) is 18.3. The van der Waals surface area contributed by atoms with Crippen molar-refractivity contribution in [1.29, 1.82) is 0 Å². The van der Waals surface area contributed by atoms with E-state index in [0.29, 0.717) is 13.1 Å². The van der Waals surface area contributed by atoms with E-state index in [1.807, 2.05) is 0 Å². The molecular formula is C22H25Cl2N5O3S. The summed E-state index contributed by atoms with van der Waals surface area (Å²) in [4.78, 5) is 32.5. The first-order valence-corrected chi connectivity index (χ1v) is 11.6. The van der Waals surface area contributed by atoms with Crippen LogP contribution in [0.1, 0.15) is 21.5 Å². The van der Waals surface area contributed by atoms with Crippen LogP contribution < -0.4 is 10.2 Å². The highest BCUT2D eigenvalue weighted by Crippen LogP contribution is 2.32. The van der Waals surface area contributed by atoms with Crippen molar-refractivity contribution in [3.05, 3.63) is 62.2 Å². The maximum atomic E-state index is 12.4. The van der Waals surface area contributed by atoms with Crippen molar-refractivity contribution < 1.29 is 9.72 Å². The van der Waals surface area contributed by atoms with Gasteiger partial charge in [-0.3, -0.25) is 19.8 Å². The number of benzene rings is 2. The fourth-order valence-corrected chi connectivity index (χ4v) is 5.03. The van der Waals surface area contributed by atoms with Gasteiger partial charge in [-0.2, -0.15) is 0 Å². The highest BCUT2D eigenvalue weighted by atomic mass is 35.5. The van der Waals surface area contributed by atoms with E-state index in [-0.39, 0.29) is 28.7 Å². The molecule has 1 amide bonds. The molecule has 1 aliphatic rings. The molecule has 0 unspecified atom stereocenters. The number of thiazole rings is 1. The number of aromatic nitrogens is 1.